The summed E-state index contributed by atoms with van der Waals surface area (Å²) in [5.41, 5.74) is 1.13. The standard InChI is InChI=1S/C34H54N2O9/c1-22(11-14-30-23(2)17-29(25(4)44-30)36-31(38)15-12-24(3)43-26(5)37)10-13-27-19-34(21-42-34)20-28(45-27)18-32(39)35-16-8-6-7-9-33(40)41/h11-12,15,23-25,27-30H,6-10,13-14,16-21H2,1-5H3,(H,35,39)(H,36,38)(H,40,41)/b15-12-,22-11+/t23-,24-,25+,27+,28?,29+,30-,34+/m0/s1. The fourth-order valence-corrected chi connectivity index (χ4v) is 6.27. The topological polar surface area (TPSA) is 153 Å². The number of epoxide rings is 1. The number of carboxylic acids is 1. The number of aliphatic carboxylic acids is 1. The number of carboxylic acid groups (broad SMARTS) is 1. The molecule has 0 aromatic rings. The van der Waals surface area contributed by atoms with E-state index in [1.165, 1.54) is 18.6 Å². The second-order valence-electron chi connectivity index (χ2n) is 13.2. The summed E-state index contributed by atoms with van der Waals surface area (Å²) in [6, 6.07) is -0.0956. The van der Waals surface area contributed by atoms with Gasteiger partial charge in [-0.3, -0.25) is 19.2 Å². The first-order valence-electron chi connectivity index (χ1n) is 16.6. The van der Waals surface area contributed by atoms with Crippen LogP contribution in [0.15, 0.2) is 23.8 Å². The molecule has 2 amide bonds. The van der Waals surface area contributed by atoms with E-state index in [1.807, 2.05) is 6.92 Å². The number of carbonyl (C=O) groups is 4. The van der Waals surface area contributed by atoms with Gasteiger partial charge in [-0.25, -0.2) is 0 Å². The molecule has 254 valence electrons. The minimum atomic E-state index is -0.787. The average Bonchev–Trinajstić information content (AvgIpc) is 3.70. The van der Waals surface area contributed by atoms with Crippen molar-refractivity contribution in [1.29, 1.82) is 0 Å². The van der Waals surface area contributed by atoms with Crippen LogP contribution in [0.4, 0.5) is 0 Å². The van der Waals surface area contributed by atoms with Crippen LogP contribution < -0.4 is 10.6 Å². The van der Waals surface area contributed by atoms with Crippen molar-refractivity contribution in [1.82, 2.24) is 10.6 Å². The molecule has 11 nitrogen and oxygen atoms in total. The van der Waals surface area contributed by atoms with E-state index < -0.39 is 12.1 Å². The van der Waals surface area contributed by atoms with Crippen molar-refractivity contribution in [3.05, 3.63) is 23.8 Å². The van der Waals surface area contributed by atoms with Gasteiger partial charge in [0.15, 0.2) is 0 Å². The summed E-state index contributed by atoms with van der Waals surface area (Å²) in [5.74, 6) is -1.17. The molecule has 0 bridgehead atoms. The van der Waals surface area contributed by atoms with Crippen molar-refractivity contribution in [3.8, 4) is 0 Å². The van der Waals surface area contributed by atoms with Crippen LogP contribution in [0.1, 0.15) is 105 Å². The highest BCUT2D eigenvalue weighted by molar-refractivity contribution is 5.87. The van der Waals surface area contributed by atoms with Crippen LogP contribution in [0.25, 0.3) is 0 Å². The third-order valence-corrected chi connectivity index (χ3v) is 8.91. The summed E-state index contributed by atoms with van der Waals surface area (Å²) in [6.07, 6.45) is 12.2. The first-order chi connectivity index (χ1) is 21.3. The predicted octanol–water partition coefficient (Wildman–Crippen LogP) is 4.38. The molecule has 45 heavy (non-hydrogen) atoms. The number of ether oxygens (including phenoxy) is 4. The van der Waals surface area contributed by atoms with Crippen LogP contribution in [0.2, 0.25) is 0 Å². The van der Waals surface area contributed by atoms with Gasteiger partial charge in [0.25, 0.3) is 0 Å². The molecule has 0 aromatic heterocycles. The first-order valence-corrected chi connectivity index (χ1v) is 16.6. The number of rotatable bonds is 17. The molecule has 3 rings (SSSR count). The molecule has 0 saturated carbocycles. The lowest BCUT2D eigenvalue weighted by atomic mass is 9.87. The highest BCUT2D eigenvalue weighted by Crippen LogP contribution is 2.44. The Bertz CT molecular complexity index is 1070. The van der Waals surface area contributed by atoms with Crippen molar-refractivity contribution >= 4 is 23.8 Å². The lowest BCUT2D eigenvalue weighted by Gasteiger charge is -2.39. The van der Waals surface area contributed by atoms with Crippen molar-refractivity contribution in [2.75, 3.05) is 13.2 Å². The molecular weight excluding hydrogens is 580 g/mol. The van der Waals surface area contributed by atoms with Crippen LogP contribution in [0, 0.1) is 5.92 Å². The Morgan fingerprint density at radius 3 is 2.47 bits per heavy atom. The predicted molar refractivity (Wildman–Crippen MR) is 168 cm³/mol. The molecule has 8 atom stereocenters. The number of hydrogen-bond donors (Lipinski definition) is 3. The van der Waals surface area contributed by atoms with Crippen molar-refractivity contribution in [2.24, 2.45) is 5.92 Å². The Balaban J connectivity index is 1.37. The van der Waals surface area contributed by atoms with Gasteiger partial charge in [0.05, 0.1) is 49.1 Å². The number of allylic oxidation sites excluding steroid dienone is 1. The van der Waals surface area contributed by atoms with Gasteiger partial charge < -0.3 is 34.7 Å². The minimum Gasteiger partial charge on any atom is -0.481 e. The molecule has 11 heteroatoms. The molecule has 3 fully saturated rings. The summed E-state index contributed by atoms with van der Waals surface area (Å²) in [4.78, 5) is 46.6. The molecule has 0 aliphatic carbocycles. The van der Waals surface area contributed by atoms with Gasteiger partial charge in [-0.1, -0.05) is 25.0 Å². The summed E-state index contributed by atoms with van der Waals surface area (Å²) in [6.45, 7) is 10.6. The van der Waals surface area contributed by atoms with Crippen LogP contribution in [-0.2, 0) is 38.1 Å². The highest BCUT2D eigenvalue weighted by atomic mass is 16.6. The van der Waals surface area contributed by atoms with E-state index in [0.29, 0.717) is 19.4 Å². The molecule has 0 radical (unpaired) electrons. The second kappa shape index (κ2) is 17.8. The molecule has 3 aliphatic heterocycles. The summed E-state index contributed by atoms with van der Waals surface area (Å²) >= 11 is 0. The van der Waals surface area contributed by atoms with E-state index in [2.05, 4.69) is 30.6 Å². The van der Waals surface area contributed by atoms with Crippen LogP contribution in [-0.4, -0.2) is 84.2 Å². The number of hydrogen-bond acceptors (Lipinski definition) is 8. The molecule has 3 aliphatic rings. The number of carbonyl (C=O) groups excluding carboxylic acids is 3. The lowest BCUT2D eigenvalue weighted by Crippen LogP contribution is -2.50. The van der Waals surface area contributed by atoms with E-state index in [0.717, 1.165) is 58.0 Å². The monoisotopic (exact) mass is 634 g/mol. The largest absolute Gasteiger partial charge is 0.481 e. The van der Waals surface area contributed by atoms with Gasteiger partial charge in [0, 0.05) is 38.8 Å². The van der Waals surface area contributed by atoms with Gasteiger partial charge in [-0.15, -0.1) is 0 Å². The minimum absolute atomic E-state index is 0.0336. The fraction of sp³-hybridized carbons (Fsp3) is 0.765. The van der Waals surface area contributed by atoms with Gasteiger partial charge in [-0.2, -0.15) is 0 Å². The molecule has 0 aromatic carbocycles. The van der Waals surface area contributed by atoms with Crippen LogP contribution >= 0.6 is 0 Å². The van der Waals surface area contributed by atoms with E-state index in [4.69, 9.17) is 24.1 Å². The molecular formula is C34H54N2O9. The SMILES string of the molecule is CC(=O)O[C@@H](C)/C=C\C(=O)N[C@@H]1C[C@H](C)[C@H](C/C=C(\C)CC[C@@H]2C[C@]3(CO3)CC(CC(=O)NCCCCCC(=O)O)O2)O[C@@H]1C. The maximum absolute atomic E-state index is 12.5. The van der Waals surface area contributed by atoms with Crippen molar-refractivity contribution in [3.63, 3.8) is 0 Å². The Labute approximate surface area is 267 Å². The maximum Gasteiger partial charge on any atom is 0.303 e. The van der Waals surface area contributed by atoms with Gasteiger partial charge in [0.1, 0.15) is 6.10 Å². The second-order valence-corrected chi connectivity index (χ2v) is 13.2. The van der Waals surface area contributed by atoms with E-state index in [9.17, 15) is 19.2 Å². The fourth-order valence-electron chi connectivity index (χ4n) is 6.27. The molecule has 3 N–H and O–H groups in total. The van der Waals surface area contributed by atoms with Crippen LogP contribution in [0.5, 0.6) is 0 Å². The molecule has 1 spiro atoms. The van der Waals surface area contributed by atoms with Gasteiger partial charge in [-0.05, 0) is 71.3 Å². The van der Waals surface area contributed by atoms with E-state index >= 15 is 0 Å². The Kier molecular flexibility index (Phi) is 14.5. The number of unbranched alkanes of at least 4 members (excludes halogenated alkanes) is 2. The third kappa shape index (κ3) is 13.6. The molecule has 3 saturated heterocycles. The normalized spacial score (nSPS) is 30.6. The Morgan fingerprint density at radius 1 is 1.04 bits per heavy atom. The molecule has 3 heterocycles. The Hall–Kier alpha value is -2.76. The zero-order valence-corrected chi connectivity index (χ0v) is 27.7. The van der Waals surface area contributed by atoms with Gasteiger partial charge in [0.2, 0.25) is 11.8 Å². The zero-order valence-electron chi connectivity index (χ0n) is 27.7. The zero-order chi connectivity index (χ0) is 33.0. The molecule has 1 unspecified atom stereocenters. The maximum atomic E-state index is 12.5. The van der Waals surface area contributed by atoms with Crippen molar-refractivity contribution in [2.45, 2.75) is 147 Å². The smallest absolute Gasteiger partial charge is 0.303 e. The summed E-state index contributed by atoms with van der Waals surface area (Å²) in [7, 11) is 0. The van der Waals surface area contributed by atoms with E-state index in [1.54, 1.807) is 13.0 Å². The number of esters is 1. The lowest BCUT2D eigenvalue weighted by molar-refractivity contribution is -0.143. The highest BCUT2D eigenvalue weighted by Gasteiger charge is 2.51. The van der Waals surface area contributed by atoms with Crippen LogP contribution in [0.3, 0.4) is 0 Å². The summed E-state index contributed by atoms with van der Waals surface area (Å²) in [5, 5.41) is 14.7. The van der Waals surface area contributed by atoms with E-state index in [-0.39, 0.29) is 66.2 Å². The first kappa shape index (κ1) is 36.7. The Morgan fingerprint density at radius 2 is 1.78 bits per heavy atom. The average molecular weight is 635 g/mol. The number of amides is 2. The quantitative estimate of drug-likeness (QED) is 0.0696. The third-order valence-electron chi connectivity index (χ3n) is 8.91. The number of nitrogens with one attached hydrogen (secondary N) is 2. The van der Waals surface area contributed by atoms with Gasteiger partial charge >= 0.3 is 11.9 Å². The van der Waals surface area contributed by atoms with Crippen molar-refractivity contribution < 1.29 is 43.2 Å². The summed E-state index contributed by atoms with van der Waals surface area (Å²) < 4.78 is 23.5.